The quantitative estimate of drug-likeness (QED) is 0.850. The van der Waals surface area contributed by atoms with Gasteiger partial charge in [-0.05, 0) is 30.7 Å². The normalized spacial score (nSPS) is 11.4. The van der Waals surface area contributed by atoms with E-state index in [1.54, 1.807) is 13.0 Å². The van der Waals surface area contributed by atoms with Gasteiger partial charge in [0.05, 0.1) is 11.4 Å². The molecule has 1 aromatic rings. The van der Waals surface area contributed by atoms with Crippen molar-refractivity contribution in [1.29, 1.82) is 0 Å². The van der Waals surface area contributed by atoms with Crippen LogP contribution < -0.4 is 10.5 Å². The van der Waals surface area contributed by atoms with Crippen LogP contribution in [0, 0.1) is 6.92 Å². The van der Waals surface area contributed by atoms with Gasteiger partial charge in [0.2, 0.25) is 15.9 Å². The molecule has 0 heterocycles. The second-order valence-corrected chi connectivity index (χ2v) is 5.82. The number of aryl methyl sites for hydroxylation is 1. The number of nitrogens with one attached hydrogen (secondary N) is 1. The van der Waals surface area contributed by atoms with Crippen LogP contribution in [0.1, 0.15) is 5.56 Å². The number of sulfonamides is 1. The Kier molecular flexibility index (Phi) is 4.06. The van der Waals surface area contributed by atoms with Crippen molar-refractivity contribution in [2.75, 3.05) is 6.54 Å². The molecule has 0 aromatic heterocycles. The minimum Gasteiger partial charge on any atom is -0.369 e. The average Bonchev–Trinajstić information content (AvgIpc) is 2.19. The predicted molar refractivity (Wildman–Crippen MR) is 63.3 cm³/mol. The van der Waals surface area contributed by atoms with E-state index in [1.807, 2.05) is 0 Å². The fourth-order valence-corrected chi connectivity index (χ4v) is 2.36. The maximum absolute atomic E-state index is 11.7. The van der Waals surface area contributed by atoms with Gasteiger partial charge in [-0.2, -0.15) is 0 Å². The van der Waals surface area contributed by atoms with E-state index in [2.05, 4.69) is 20.7 Å². The highest BCUT2D eigenvalue weighted by molar-refractivity contribution is 9.10. The number of halogens is 1. The molecule has 3 N–H and O–H groups in total. The summed E-state index contributed by atoms with van der Waals surface area (Å²) in [5, 5.41) is 0. The molecule has 16 heavy (non-hydrogen) atoms. The zero-order valence-corrected chi connectivity index (χ0v) is 10.9. The fraction of sp³-hybridized carbons (Fsp3) is 0.222. The van der Waals surface area contributed by atoms with Gasteiger partial charge in [-0.1, -0.05) is 15.9 Å². The molecule has 1 amide bonds. The summed E-state index contributed by atoms with van der Waals surface area (Å²) in [6, 6.07) is 4.59. The second-order valence-electron chi connectivity index (χ2n) is 3.20. The monoisotopic (exact) mass is 306 g/mol. The molecule has 0 saturated heterocycles. The van der Waals surface area contributed by atoms with Crippen LogP contribution in [-0.2, 0) is 14.8 Å². The highest BCUT2D eigenvalue weighted by Crippen LogP contribution is 2.19. The minimum atomic E-state index is -3.67. The molecule has 5 nitrogen and oxygen atoms in total. The second kappa shape index (κ2) is 4.94. The summed E-state index contributed by atoms with van der Waals surface area (Å²) >= 11 is 3.27. The van der Waals surface area contributed by atoms with Crippen LogP contribution >= 0.6 is 15.9 Å². The van der Waals surface area contributed by atoms with Gasteiger partial charge in [0, 0.05) is 4.47 Å². The van der Waals surface area contributed by atoms with E-state index < -0.39 is 22.5 Å². The molecular formula is C9H11BrN2O3S. The number of primary amides is 1. The molecule has 0 bridgehead atoms. The van der Waals surface area contributed by atoms with E-state index in [-0.39, 0.29) is 4.90 Å². The average molecular weight is 307 g/mol. The number of amides is 1. The lowest BCUT2D eigenvalue weighted by molar-refractivity contribution is -0.116. The Labute approximate surface area is 102 Å². The van der Waals surface area contributed by atoms with Crippen LogP contribution in [0.25, 0.3) is 0 Å². The van der Waals surface area contributed by atoms with Crippen LogP contribution in [0.15, 0.2) is 27.6 Å². The summed E-state index contributed by atoms with van der Waals surface area (Å²) in [4.78, 5) is 10.6. The van der Waals surface area contributed by atoms with Gasteiger partial charge in [-0.15, -0.1) is 0 Å². The largest absolute Gasteiger partial charge is 0.369 e. The van der Waals surface area contributed by atoms with Gasteiger partial charge in [0.25, 0.3) is 0 Å². The van der Waals surface area contributed by atoms with Crippen LogP contribution in [-0.4, -0.2) is 20.9 Å². The highest BCUT2D eigenvalue weighted by atomic mass is 79.9. The SMILES string of the molecule is Cc1cc(S(=O)(=O)NCC(N)=O)ccc1Br. The molecule has 1 aromatic carbocycles. The van der Waals surface area contributed by atoms with E-state index >= 15 is 0 Å². The van der Waals surface area contributed by atoms with Crippen molar-refractivity contribution in [2.45, 2.75) is 11.8 Å². The zero-order chi connectivity index (χ0) is 12.3. The van der Waals surface area contributed by atoms with Crippen molar-refractivity contribution in [3.8, 4) is 0 Å². The molecule has 0 radical (unpaired) electrons. The minimum absolute atomic E-state index is 0.106. The van der Waals surface area contributed by atoms with Crippen LogP contribution in [0.5, 0.6) is 0 Å². The third kappa shape index (κ3) is 3.29. The maximum atomic E-state index is 11.7. The first kappa shape index (κ1) is 13.1. The van der Waals surface area contributed by atoms with Crippen molar-refractivity contribution in [3.63, 3.8) is 0 Å². The van der Waals surface area contributed by atoms with Crippen LogP contribution in [0.3, 0.4) is 0 Å². The molecular weight excluding hydrogens is 296 g/mol. The van der Waals surface area contributed by atoms with E-state index in [1.165, 1.54) is 12.1 Å². The Hall–Kier alpha value is -0.920. The standard InChI is InChI=1S/C9H11BrN2O3S/c1-6-4-7(2-3-8(6)10)16(14,15)12-5-9(11)13/h2-4,12H,5H2,1H3,(H2,11,13). The number of carbonyl (C=O) groups excluding carboxylic acids is 1. The molecule has 0 spiro atoms. The third-order valence-corrected chi connectivity index (χ3v) is 4.16. The van der Waals surface area contributed by atoms with Crippen molar-refractivity contribution in [2.24, 2.45) is 5.73 Å². The predicted octanol–water partition coefficient (Wildman–Crippen LogP) is 0.521. The number of nitrogens with two attached hydrogens (primary N) is 1. The van der Waals surface area contributed by atoms with E-state index in [4.69, 9.17) is 5.73 Å². The van der Waals surface area contributed by atoms with Gasteiger partial charge in [0.15, 0.2) is 0 Å². The molecule has 0 atom stereocenters. The molecule has 0 unspecified atom stereocenters. The molecule has 0 aliphatic rings. The van der Waals surface area contributed by atoms with Crippen molar-refractivity contribution in [3.05, 3.63) is 28.2 Å². The first-order chi connectivity index (χ1) is 7.33. The van der Waals surface area contributed by atoms with Gasteiger partial charge >= 0.3 is 0 Å². The van der Waals surface area contributed by atoms with E-state index in [0.29, 0.717) is 0 Å². The van der Waals surface area contributed by atoms with Crippen molar-refractivity contribution < 1.29 is 13.2 Å². The summed E-state index contributed by atoms with van der Waals surface area (Å²) in [7, 11) is -3.67. The van der Waals surface area contributed by atoms with Crippen molar-refractivity contribution >= 4 is 31.9 Å². The molecule has 0 aliphatic heterocycles. The molecule has 1 rings (SSSR count). The third-order valence-electron chi connectivity index (χ3n) is 1.88. The summed E-state index contributed by atoms with van der Waals surface area (Å²) in [5.74, 6) is -0.725. The number of hydrogen-bond acceptors (Lipinski definition) is 3. The smallest absolute Gasteiger partial charge is 0.241 e. The lowest BCUT2D eigenvalue weighted by Crippen LogP contribution is -2.33. The number of rotatable bonds is 4. The first-order valence-corrected chi connectivity index (χ1v) is 6.64. The molecule has 0 fully saturated rings. The summed E-state index contributed by atoms with van der Waals surface area (Å²) in [6.45, 7) is 1.37. The van der Waals surface area contributed by atoms with Gasteiger partial charge in [0.1, 0.15) is 0 Å². The van der Waals surface area contributed by atoms with Gasteiger partial charge in [-0.25, -0.2) is 13.1 Å². The Morgan fingerprint density at radius 2 is 2.12 bits per heavy atom. The molecule has 88 valence electrons. The Bertz CT molecular complexity index is 513. The Morgan fingerprint density at radius 1 is 1.50 bits per heavy atom. The van der Waals surface area contributed by atoms with Crippen LogP contribution in [0.4, 0.5) is 0 Å². The van der Waals surface area contributed by atoms with Gasteiger partial charge < -0.3 is 5.73 Å². The van der Waals surface area contributed by atoms with E-state index in [0.717, 1.165) is 10.0 Å². The molecule has 0 aliphatic carbocycles. The Morgan fingerprint density at radius 3 is 2.62 bits per heavy atom. The summed E-state index contributed by atoms with van der Waals surface area (Å²) in [6.07, 6.45) is 0. The number of benzene rings is 1. The highest BCUT2D eigenvalue weighted by Gasteiger charge is 2.15. The molecule has 0 saturated carbocycles. The first-order valence-electron chi connectivity index (χ1n) is 4.37. The van der Waals surface area contributed by atoms with Crippen LogP contribution in [0.2, 0.25) is 0 Å². The summed E-state index contributed by atoms with van der Waals surface area (Å²) < 4.78 is 26.3. The molecule has 7 heteroatoms. The topological polar surface area (TPSA) is 89.3 Å². The van der Waals surface area contributed by atoms with Gasteiger partial charge in [-0.3, -0.25) is 4.79 Å². The van der Waals surface area contributed by atoms with Crippen molar-refractivity contribution in [1.82, 2.24) is 4.72 Å². The van der Waals surface area contributed by atoms with E-state index in [9.17, 15) is 13.2 Å². The lowest BCUT2D eigenvalue weighted by Gasteiger charge is -2.06. The lowest BCUT2D eigenvalue weighted by atomic mass is 10.2. The Balaban J connectivity index is 2.99. The summed E-state index contributed by atoms with van der Waals surface area (Å²) in [5.41, 5.74) is 5.65. The maximum Gasteiger partial charge on any atom is 0.241 e. The number of hydrogen-bond donors (Lipinski definition) is 2. The fourth-order valence-electron chi connectivity index (χ4n) is 1.03. The number of carbonyl (C=O) groups is 1. The zero-order valence-electron chi connectivity index (χ0n) is 8.53.